The van der Waals surface area contributed by atoms with Crippen molar-refractivity contribution in [3.05, 3.63) is 23.8 Å². The zero-order valence-corrected chi connectivity index (χ0v) is 11.0. The lowest BCUT2D eigenvalue weighted by Gasteiger charge is -2.04. The van der Waals surface area contributed by atoms with Gasteiger partial charge in [0.2, 0.25) is 0 Å². The van der Waals surface area contributed by atoms with E-state index in [1.165, 1.54) is 0 Å². The molecule has 0 aliphatic rings. The van der Waals surface area contributed by atoms with E-state index < -0.39 is 0 Å². The van der Waals surface area contributed by atoms with Crippen LogP contribution in [0.1, 0.15) is 25.2 Å². The van der Waals surface area contributed by atoms with Crippen LogP contribution in [-0.4, -0.2) is 36.5 Å². The summed E-state index contributed by atoms with van der Waals surface area (Å²) in [6.45, 7) is 6.69. The third kappa shape index (κ3) is 3.63. The number of aromatic nitrogens is 6. The Morgan fingerprint density at radius 3 is 2.61 bits per heavy atom. The van der Waals surface area contributed by atoms with Gasteiger partial charge in [-0.15, -0.1) is 10.2 Å². The summed E-state index contributed by atoms with van der Waals surface area (Å²) in [4.78, 5) is 0. The van der Waals surface area contributed by atoms with Crippen LogP contribution in [0.15, 0.2) is 12.4 Å². The van der Waals surface area contributed by atoms with Crippen LogP contribution in [-0.2, 0) is 20.1 Å². The molecule has 2 heterocycles. The summed E-state index contributed by atoms with van der Waals surface area (Å²) >= 11 is 0. The van der Waals surface area contributed by atoms with Gasteiger partial charge in [0.15, 0.2) is 0 Å². The molecular weight excluding hydrogens is 230 g/mol. The predicted molar refractivity (Wildman–Crippen MR) is 66.7 cm³/mol. The molecule has 1 N–H and O–H groups in total. The Balaban J connectivity index is 1.86. The fourth-order valence-corrected chi connectivity index (χ4v) is 1.62. The van der Waals surface area contributed by atoms with Gasteiger partial charge in [-0.2, -0.15) is 0 Å². The van der Waals surface area contributed by atoms with E-state index in [4.69, 9.17) is 0 Å². The van der Waals surface area contributed by atoms with Crippen molar-refractivity contribution in [1.82, 2.24) is 35.3 Å². The zero-order chi connectivity index (χ0) is 13.0. The maximum absolute atomic E-state index is 4.11. The number of hydrogen-bond donors (Lipinski definition) is 1. The first-order chi connectivity index (χ1) is 8.63. The summed E-state index contributed by atoms with van der Waals surface area (Å²) in [6, 6.07) is 0. The third-order valence-corrected chi connectivity index (χ3v) is 2.42. The van der Waals surface area contributed by atoms with Crippen molar-refractivity contribution >= 4 is 0 Å². The highest BCUT2D eigenvalue weighted by Gasteiger charge is 2.04. The Hall–Kier alpha value is -1.76. The second kappa shape index (κ2) is 5.72. The van der Waals surface area contributed by atoms with Crippen LogP contribution in [0.4, 0.5) is 0 Å². The zero-order valence-electron chi connectivity index (χ0n) is 11.0. The van der Waals surface area contributed by atoms with Gasteiger partial charge in [0.1, 0.15) is 5.69 Å². The number of nitrogens with one attached hydrogen (secondary N) is 1. The molecule has 2 aromatic rings. The van der Waals surface area contributed by atoms with Gasteiger partial charge in [-0.05, 0) is 12.5 Å². The van der Waals surface area contributed by atoms with Crippen LogP contribution in [0, 0.1) is 5.92 Å². The van der Waals surface area contributed by atoms with Crippen LogP contribution in [0.3, 0.4) is 0 Å². The van der Waals surface area contributed by atoms with Crippen LogP contribution >= 0.6 is 0 Å². The lowest BCUT2D eigenvalue weighted by Crippen LogP contribution is -2.19. The van der Waals surface area contributed by atoms with Crippen molar-refractivity contribution in [1.29, 1.82) is 0 Å². The molecule has 0 saturated heterocycles. The first kappa shape index (κ1) is 12.7. The lowest BCUT2D eigenvalue weighted by atomic mass is 10.2. The largest absolute Gasteiger partial charge is 0.311 e. The fourth-order valence-electron chi connectivity index (χ4n) is 1.62. The van der Waals surface area contributed by atoms with Gasteiger partial charge in [-0.3, -0.25) is 4.68 Å². The Labute approximate surface area is 106 Å². The fraction of sp³-hybridized carbons (Fsp3) is 0.636. The van der Waals surface area contributed by atoms with Crippen LogP contribution in [0.25, 0.3) is 0 Å². The lowest BCUT2D eigenvalue weighted by molar-refractivity contribution is 0.548. The quantitative estimate of drug-likeness (QED) is 0.791. The molecule has 7 nitrogen and oxygen atoms in total. The van der Waals surface area contributed by atoms with Crippen molar-refractivity contribution in [2.75, 3.05) is 6.54 Å². The monoisotopic (exact) mass is 249 g/mol. The summed E-state index contributed by atoms with van der Waals surface area (Å²) in [5, 5.41) is 19.4. The minimum Gasteiger partial charge on any atom is -0.311 e. The second-order valence-electron chi connectivity index (χ2n) is 4.82. The molecule has 7 heteroatoms. The van der Waals surface area contributed by atoms with Crippen molar-refractivity contribution in [2.24, 2.45) is 13.0 Å². The van der Waals surface area contributed by atoms with E-state index in [0.717, 1.165) is 24.5 Å². The van der Waals surface area contributed by atoms with Gasteiger partial charge in [-0.25, -0.2) is 4.68 Å². The maximum atomic E-state index is 4.11. The highest BCUT2D eigenvalue weighted by Crippen LogP contribution is 1.98. The van der Waals surface area contributed by atoms with Gasteiger partial charge >= 0.3 is 0 Å². The van der Waals surface area contributed by atoms with Crippen LogP contribution in [0.5, 0.6) is 0 Å². The minimum absolute atomic E-state index is 0.602. The summed E-state index contributed by atoms with van der Waals surface area (Å²) < 4.78 is 3.45. The van der Waals surface area contributed by atoms with E-state index >= 15 is 0 Å². The molecule has 0 fully saturated rings. The smallest absolute Gasteiger partial charge is 0.104 e. The average molecular weight is 249 g/mol. The summed E-state index contributed by atoms with van der Waals surface area (Å²) in [5.41, 5.74) is 1.82. The molecule has 0 radical (unpaired) electrons. The van der Waals surface area contributed by atoms with Gasteiger partial charge < -0.3 is 5.32 Å². The molecule has 0 aliphatic carbocycles. The van der Waals surface area contributed by atoms with E-state index in [-0.39, 0.29) is 0 Å². The number of rotatable bonds is 6. The molecule has 0 aliphatic heterocycles. The molecule has 0 bridgehead atoms. The molecule has 0 saturated carbocycles. The minimum atomic E-state index is 0.602. The second-order valence-corrected chi connectivity index (χ2v) is 4.82. The summed E-state index contributed by atoms with van der Waals surface area (Å²) in [6.07, 6.45) is 3.81. The number of aryl methyl sites for hydroxylation is 1. The molecule has 0 unspecified atom stereocenters. The molecule has 0 amide bonds. The topological polar surface area (TPSA) is 73.5 Å². The van der Waals surface area contributed by atoms with E-state index in [2.05, 4.69) is 39.8 Å². The normalized spacial score (nSPS) is 11.3. The van der Waals surface area contributed by atoms with Gasteiger partial charge in [0.25, 0.3) is 0 Å². The molecule has 0 spiro atoms. The number of nitrogens with zero attached hydrogens (tertiary/aromatic N) is 6. The predicted octanol–water partition coefficient (Wildman–Crippen LogP) is 0.200. The Morgan fingerprint density at radius 1 is 1.17 bits per heavy atom. The molecular formula is C11H19N7. The van der Waals surface area contributed by atoms with Crippen LogP contribution in [0.2, 0.25) is 0 Å². The first-order valence-electron chi connectivity index (χ1n) is 6.08. The van der Waals surface area contributed by atoms with Gasteiger partial charge in [0.05, 0.1) is 18.4 Å². The van der Waals surface area contributed by atoms with Crippen LogP contribution < -0.4 is 5.32 Å². The van der Waals surface area contributed by atoms with E-state index in [1.807, 2.05) is 19.4 Å². The Kier molecular flexibility index (Phi) is 4.03. The van der Waals surface area contributed by atoms with Gasteiger partial charge in [-0.1, -0.05) is 24.3 Å². The molecule has 98 valence electrons. The van der Waals surface area contributed by atoms with Crippen molar-refractivity contribution in [3.63, 3.8) is 0 Å². The first-order valence-corrected chi connectivity index (χ1v) is 6.08. The number of hydrogen-bond acceptors (Lipinski definition) is 5. The molecule has 2 aromatic heterocycles. The van der Waals surface area contributed by atoms with Crippen molar-refractivity contribution in [3.8, 4) is 0 Å². The highest BCUT2D eigenvalue weighted by molar-refractivity contribution is 4.96. The Morgan fingerprint density at radius 2 is 1.94 bits per heavy atom. The third-order valence-electron chi connectivity index (χ3n) is 2.42. The van der Waals surface area contributed by atoms with E-state index in [0.29, 0.717) is 12.5 Å². The molecule has 0 atom stereocenters. The summed E-state index contributed by atoms with van der Waals surface area (Å²) in [5.74, 6) is 0.639. The molecule has 18 heavy (non-hydrogen) atoms. The standard InChI is InChI=1S/C11H19N7/c1-9(2)4-12-5-10-7-18(16-13-10)8-11-6-17(3)15-14-11/h6-7,9,12H,4-5,8H2,1-3H3. The molecule has 2 rings (SSSR count). The average Bonchev–Trinajstić information content (AvgIpc) is 2.89. The van der Waals surface area contributed by atoms with E-state index in [1.54, 1.807) is 9.36 Å². The van der Waals surface area contributed by atoms with Crippen molar-refractivity contribution < 1.29 is 0 Å². The summed E-state index contributed by atoms with van der Waals surface area (Å²) in [7, 11) is 1.85. The Bertz CT molecular complexity index is 485. The highest BCUT2D eigenvalue weighted by atomic mass is 15.4. The maximum Gasteiger partial charge on any atom is 0.104 e. The van der Waals surface area contributed by atoms with Crippen molar-refractivity contribution in [2.45, 2.75) is 26.9 Å². The SMILES string of the molecule is CC(C)CNCc1cn(Cc2cn(C)nn2)nn1. The van der Waals surface area contributed by atoms with Gasteiger partial charge in [0, 0.05) is 19.8 Å². The van der Waals surface area contributed by atoms with E-state index in [9.17, 15) is 0 Å². The molecule has 0 aromatic carbocycles.